The van der Waals surface area contributed by atoms with Gasteiger partial charge in [0.15, 0.2) is 0 Å². The van der Waals surface area contributed by atoms with E-state index in [4.69, 9.17) is 15.7 Å². The van der Waals surface area contributed by atoms with Crippen molar-refractivity contribution < 1.29 is 4.74 Å². The highest BCUT2D eigenvalue weighted by Gasteiger charge is 2.11. The molecule has 2 aromatic rings. The molecular formula is C17H16N2O. The zero-order valence-corrected chi connectivity index (χ0v) is 11.2. The van der Waals surface area contributed by atoms with Gasteiger partial charge in [-0.25, -0.2) is 0 Å². The molecule has 0 radical (unpaired) electrons. The minimum Gasteiger partial charge on any atom is -0.488 e. The quantitative estimate of drug-likeness (QED) is 0.866. The second-order valence-corrected chi connectivity index (χ2v) is 5.11. The Kier molecular flexibility index (Phi) is 3.30. The van der Waals surface area contributed by atoms with E-state index in [9.17, 15) is 0 Å². The summed E-state index contributed by atoms with van der Waals surface area (Å²) < 4.78 is 5.75. The van der Waals surface area contributed by atoms with Gasteiger partial charge < -0.3 is 10.5 Å². The number of nitrogens with two attached hydrogens (primary N) is 1. The minimum absolute atomic E-state index is 0.478. The Labute approximate surface area is 118 Å². The number of anilines is 1. The normalized spacial score (nSPS) is 12.8. The van der Waals surface area contributed by atoms with E-state index in [0.29, 0.717) is 23.6 Å². The number of ether oxygens (including phenoxy) is 1. The van der Waals surface area contributed by atoms with Gasteiger partial charge in [0.25, 0.3) is 0 Å². The molecular weight excluding hydrogens is 248 g/mol. The molecule has 0 heterocycles. The number of nitriles is 1. The van der Waals surface area contributed by atoms with Crippen molar-refractivity contribution in [3.05, 3.63) is 58.7 Å². The molecule has 2 aromatic carbocycles. The molecule has 0 saturated carbocycles. The lowest BCUT2D eigenvalue weighted by Gasteiger charge is -2.09. The molecule has 0 atom stereocenters. The van der Waals surface area contributed by atoms with Gasteiger partial charge in [0.1, 0.15) is 18.4 Å². The first-order valence-corrected chi connectivity index (χ1v) is 6.79. The van der Waals surface area contributed by atoms with E-state index < -0.39 is 0 Å². The number of benzene rings is 2. The van der Waals surface area contributed by atoms with Crippen LogP contribution in [0.5, 0.6) is 5.75 Å². The summed E-state index contributed by atoms with van der Waals surface area (Å²) >= 11 is 0. The Balaban J connectivity index is 1.75. The maximum atomic E-state index is 9.08. The summed E-state index contributed by atoms with van der Waals surface area (Å²) in [5.41, 5.74) is 10.8. The highest BCUT2D eigenvalue weighted by atomic mass is 16.5. The van der Waals surface area contributed by atoms with Gasteiger partial charge in [0.05, 0.1) is 5.56 Å². The second-order valence-electron chi connectivity index (χ2n) is 5.11. The maximum Gasteiger partial charge on any atom is 0.137 e. The molecule has 20 heavy (non-hydrogen) atoms. The van der Waals surface area contributed by atoms with Crippen LogP contribution in [0.15, 0.2) is 36.4 Å². The summed E-state index contributed by atoms with van der Waals surface area (Å²) in [6, 6.07) is 13.8. The van der Waals surface area contributed by atoms with E-state index >= 15 is 0 Å². The fraction of sp³-hybridized carbons (Fsp3) is 0.235. The first-order chi connectivity index (χ1) is 9.76. The first-order valence-electron chi connectivity index (χ1n) is 6.79. The standard InChI is InChI=1S/C17H16N2O/c18-10-15-9-16(19)6-7-17(15)20-11-12-4-5-13-2-1-3-14(13)8-12/h4-9H,1-3,11,19H2. The van der Waals surface area contributed by atoms with Crippen molar-refractivity contribution in [2.75, 3.05) is 5.73 Å². The van der Waals surface area contributed by atoms with Gasteiger partial charge in [0.2, 0.25) is 0 Å². The average molecular weight is 264 g/mol. The van der Waals surface area contributed by atoms with Gasteiger partial charge in [0, 0.05) is 5.69 Å². The summed E-state index contributed by atoms with van der Waals surface area (Å²) in [7, 11) is 0. The Morgan fingerprint density at radius 2 is 1.95 bits per heavy atom. The molecule has 0 bridgehead atoms. The van der Waals surface area contributed by atoms with Crippen LogP contribution in [0.4, 0.5) is 5.69 Å². The molecule has 1 aliphatic carbocycles. The molecule has 0 saturated heterocycles. The summed E-state index contributed by atoms with van der Waals surface area (Å²) in [6.07, 6.45) is 3.59. The van der Waals surface area contributed by atoms with Crippen molar-refractivity contribution in [1.29, 1.82) is 5.26 Å². The van der Waals surface area contributed by atoms with Crippen LogP contribution in [0, 0.1) is 11.3 Å². The van der Waals surface area contributed by atoms with Crippen LogP contribution in [0.2, 0.25) is 0 Å². The molecule has 0 spiro atoms. The third-order valence-electron chi connectivity index (χ3n) is 3.68. The monoisotopic (exact) mass is 264 g/mol. The smallest absolute Gasteiger partial charge is 0.137 e. The van der Waals surface area contributed by atoms with Gasteiger partial charge in [-0.1, -0.05) is 18.2 Å². The number of aryl methyl sites for hydroxylation is 2. The van der Waals surface area contributed by atoms with E-state index in [1.54, 1.807) is 18.2 Å². The molecule has 3 rings (SSSR count). The summed E-state index contributed by atoms with van der Waals surface area (Å²) in [6.45, 7) is 0.478. The van der Waals surface area contributed by atoms with Crippen molar-refractivity contribution in [3.63, 3.8) is 0 Å². The lowest BCUT2D eigenvalue weighted by molar-refractivity contribution is 0.305. The largest absolute Gasteiger partial charge is 0.488 e. The number of fused-ring (bicyclic) bond motifs is 1. The van der Waals surface area contributed by atoms with E-state index in [0.717, 1.165) is 12.0 Å². The maximum absolute atomic E-state index is 9.08. The van der Waals surface area contributed by atoms with Crippen LogP contribution < -0.4 is 10.5 Å². The Bertz CT molecular complexity index is 686. The van der Waals surface area contributed by atoms with Crippen LogP contribution in [0.3, 0.4) is 0 Å². The van der Waals surface area contributed by atoms with Crippen LogP contribution in [0.1, 0.15) is 28.7 Å². The molecule has 0 fully saturated rings. The predicted molar refractivity (Wildman–Crippen MR) is 78.4 cm³/mol. The number of rotatable bonds is 3. The molecule has 0 unspecified atom stereocenters. The third-order valence-corrected chi connectivity index (χ3v) is 3.68. The highest BCUT2D eigenvalue weighted by molar-refractivity contribution is 5.53. The molecule has 0 amide bonds. The Morgan fingerprint density at radius 3 is 2.80 bits per heavy atom. The second kappa shape index (κ2) is 5.26. The average Bonchev–Trinajstić information content (AvgIpc) is 2.93. The van der Waals surface area contributed by atoms with E-state index in [2.05, 4.69) is 24.3 Å². The summed E-state index contributed by atoms with van der Waals surface area (Å²) in [5, 5.41) is 9.08. The van der Waals surface area contributed by atoms with Crippen molar-refractivity contribution >= 4 is 5.69 Å². The predicted octanol–water partition coefficient (Wildman–Crippen LogP) is 3.21. The van der Waals surface area contributed by atoms with Gasteiger partial charge in [-0.2, -0.15) is 5.26 Å². The lowest BCUT2D eigenvalue weighted by atomic mass is 10.1. The number of nitrogens with zero attached hydrogens (tertiary/aromatic N) is 1. The third kappa shape index (κ3) is 2.46. The fourth-order valence-electron chi connectivity index (χ4n) is 2.64. The minimum atomic E-state index is 0.478. The SMILES string of the molecule is N#Cc1cc(N)ccc1OCc1ccc2c(c1)CCC2. The molecule has 0 aliphatic heterocycles. The van der Waals surface area contributed by atoms with Crippen molar-refractivity contribution in [2.24, 2.45) is 0 Å². The van der Waals surface area contributed by atoms with Crippen molar-refractivity contribution in [1.82, 2.24) is 0 Å². The van der Waals surface area contributed by atoms with Gasteiger partial charge in [-0.15, -0.1) is 0 Å². The van der Waals surface area contributed by atoms with Gasteiger partial charge in [-0.3, -0.25) is 0 Å². The zero-order chi connectivity index (χ0) is 13.9. The topological polar surface area (TPSA) is 59.0 Å². The van der Waals surface area contributed by atoms with Crippen molar-refractivity contribution in [3.8, 4) is 11.8 Å². The van der Waals surface area contributed by atoms with E-state index in [1.165, 1.54) is 24.0 Å². The number of hydrogen-bond acceptors (Lipinski definition) is 3. The molecule has 3 nitrogen and oxygen atoms in total. The van der Waals surface area contributed by atoms with Crippen LogP contribution in [-0.4, -0.2) is 0 Å². The van der Waals surface area contributed by atoms with E-state index in [1.807, 2.05) is 0 Å². The highest BCUT2D eigenvalue weighted by Crippen LogP contribution is 2.25. The Morgan fingerprint density at radius 1 is 1.10 bits per heavy atom. The van der Waals surface area contributed by atoms with Gasteiger partial charge in [-0.05, 0) is 54.2 Å². The van der Waals surface area contributed by atoms with Crippen LogP contribution in [0.25, 0.3) is 0 Å². The van der Waals surface area contributed by atoms with Gasteiger partial charge >= 0.3 is 0 Å². The number of nitrogen functional groups attached to an aromatic ring is 1. The van der Waals surface area contributed by atoms with Crippen LogP contribution in [-0.2, 0) is 19.4 Å². The molecule has 100 valence electrons. The van der Waals surface area contributed by atoms with E-state index in [-0.39, 0.29) is 0 Å². The summed E-state index contributed by atoms with van der Waals surface area (Å²) in [4.78, 5) is 0. The molecule has 0 aromatic heterocycles. The first kappa shape index (κ1) is 12.6. The van der Waals surface area contributed by atoms with Crippen molar-refractivity contribution in [2.45, 2.75) is 25.9 Å². The number of hydrogen-bond donors (Lipinski definition) is 1. The molecule has 2 N–H and O–H groups in total. The lowest BCUT2D eigenvalue weighted by Crippen LogP contribution is -1.99. The summed E-state index contributed by atoms with van der Waals surface area (Å²) in [5.74, 6) is 0.585. The fourth-order valence-corrected chi connectivity index (χ4v) is 2.64. The molecule has 1 aliphatic rings. The van der Waals surface area contributed by atoms with Crippen LogP contribution >= 0.6 is 0 Å². The molecule has 3 heteroatoms. The zero-order valence-electron chi connectivity index (χ0n) is 11.2. The Hall–Kier alpha value is -2.47.